The molecule has 2 aromatic rings. The second kappa shape index (κ2) is 5.10. The van der Waals surface area contributed by atoms with E-state index in [-0.39, 0.29) is 4.90 Å². The van der Waals surface area contributed by atoms with Crippen molar-refractivity contribution in [2.24, 2.45) is 0 Å². The van der Waals surface area contributed by atoms with Crippen LogP contribution in [-0.2, 0) is 10.0 Å². The summed E-state index contributed by atoms with van der Waals surface area (Å²) >= 11 is 6.08. The zero-order valence-electron chi connectivity index (χ0n) is 10.4. The second-order valence-electron chi connectivity index (χ2n) is 4.07. The second-order valence-corrected chi connectivity index (χ2v) is 6.16. The standard InChI is InChI=1S/C11H13ClN4O2S/c1-16(2)11-9(12)4-3-5-10(11)15-19(17,18)8-6-13-14-7-8/h3-7,15H,1-2H3,(H,13,14). The van der Waals surface area contributed by atoms with Crippen molar-refractivity contribution in [3.63, 3.8) is 0 Å². The molecule has 0 atom stereocenters. The van der Waals surface area contributed by atoms with Crippen LogP contribution >= 0.6 is 11.6 Å². The van der Waals surface area contributed by atoms with E-state index in [9.17, 15) is 8.42 Å². The van der Waals surface area contributed by atoms with Crippen LogP contribution in [0.1, 0.15) is 0 Å². The molecule has 1 heterocycles. The first-order valence-electron chi connectivity index (χ1n) is 5.39. The summed E-state index contributed by atoms with van der Waals surface area (Å²) in [5.41, 5.74) is 1.02. The average molecular weight is 301 g/mol. The van der Waals surface area contributed by atoms with Gasteiger partial charge in [-0.2, -0.15) is 5.10 Å². The van der Waals surface area contributed by atoms with E-state index in [0.29, 0.717) is 16.4 Å². The number of para-hydroxylation sites is 1. The minimum atomic E-state index is -3.67. The highest BCUT2D eigenvalue weighted by Gasteiger charge is 2.18. The summed E-state index contributed by atoms with van der Waals surface area (Å²) in [4.78, 5) is 1.81. The number of nitrogens with one attached hydrogen (secondary N) is 2. The van der Waals surface area contributed by atoms with Gasteiger partial charge in [-0.1, -0.05) is 17.7 Å². The molecule has 6 nitrogen and oxygen atoms in total. The maximum atomic E-state index is 12.1. The monoisotopic (exact) mass is 300 g/mol. The van der Waals surface area contributed by atoms with E-state index in [1.54, 1.807) is 37.2 Å². The van der Waals surface area contributed by atoms with Crippen LogP contribution in [0, 0.1) is 0 Å². The predicted molar refractivity (Wildman–Crippen MR) is 75.2 cm³/mol. The van der Waals surface area contributed by atoms with Gasteiger partial charge in [0.2, 0.25) is 0 Å². The van der Waals surface area contributed by atoms with Crippen molar-refractivity contribution >= 4 is 33.0 Å². The van der Waals surface area contributed by atoms with Crippen LogP contribution in [0.15, 0.2) is 35.5 Å². The molecule has 0 saturated heterocycles. The van der Waals surface area contributed by atoms with E-state index in [0.717, 1.165) is 0 Å². The minimum absolute atomic E-state index is 0.0668. The molecule has 102 valence electrons. The fourth-order valence-electron chi connectivity index (χ4n) is 1.64. The molecule has 2 rings (SSSR count). The Hall–Kier alpha value is -1.73. The Morgan fingerprint density at radius 3 is 2.68 bits per heavy atom. The molecule has 0 unspecified atom stereocenters. The van der Waals surface area contributed by atoms with Gasteiger partial charge in [-0.25, -0.2) is 8.42 Å². The number of H-pyrrole nitrogens is 1. The largest absolute Gasteiger partial charge is 0.375 e. The zero-order chi connectivity index (χ0) is 14.0. The molecule has 0 amide bonds. The van der Waals surface area contributed by atoms with Crippen molar-refractivity contribution in [3.05, 3.63) is 35.6 Å². The lowest BCUT2D eigenvalue weighted by Crippen LogP contribution is -2.17. The molecule has 19 heavy (non-hydrogen) atoms. The highest BCUT2D eigenvalue weighted by Crippen LogP contribution is 2.33. The number of halogens is 1. The summed E-state index contributed by atoms with van der Waals surface area (Å²) in [7, 11) is -0.0947. The van der Waals surface area contributed by atoms with Gasteiger partial charge < -0.3 is 4.90 Å². The summed E-state index contributed by atoms with van der Waals surface area (Å²) in [6.07, 6.45) is 2.55. The molecule has 1 aromatic heterocycles. The lowest BCUT2D eigenvalue weighted by atomic mass is 10.2. The fourth-order valence-corrected chi connectivity index (χ4v) is 2.96. The summed E-state index contributed by atoms with van der Waals surface area (Å²) in [6, 6.07) is 5.04. The summed E-state index contributed by atoms with van der Waals surface area (Å²) in [5.74, 6) is 0. The van der Waals surface area contributed by atoms with Crippen molar-refractivity contribution in [2.75, 3.05) is 23.7 Å². The van der Waals surface area contributed by atoms with Gasteiger partial charge in [0.25, 0.3) is 10.0 Å². The molecule has 0 spiro atoms. The molecule has 0 bridgehead atoms. The molecule has 1 aromatic carbocycles. The molecule has 0 saturated carbocycles. The van der Waals surface area contributed by atoms with E-state index < -0.39 is 10.0 Å². The Morgan fingerprint density at radius 1 is 1.37 bits per heavy atom. The minimum Gasteiger partial charge on any atom is -0.375 e. The molecule has 0 aliphatic carbocycles. The number of aromatic nitrogens is 2. The normalized spacial score (nSPS) is 11.3. The topological polar surface area (TPSA) is 78.1 Å². The Morgan fingerprint density at radius 2 is 2.11 bits per heavy atom. The third-order valence-electron chi connectivity index (χ3n) is 2.46. The van der Waals surface area contributed by atoms with Gasteiger partial charge >= 0.3 is 0 Å². The predicted octanol–water partition coefficient (Wildman–Crippen LogP) is 1.93. The third-order valence-corrected chi connectivity index (χ3v) is 4.10. The lowest BCUT2D eigenvalue weighted by molar-refractivity contribution is 0.601. The molecule has 8 heteroatoms. The quantitative estimate of drug-likeness (QED) is 0.904. The van der Waals surface area contributed by atoms with E-state index in [2.05, 4.69) is 14.9 Å². The number of benzene rings is 1. The molecular weight excluding hydrogens is 288 g/mol. The first-order chi connectivity index (χ1) is 8.92. The van der Waals surface area contributed by atoms with Gasteiger partial charge in [0, 0.05) is 20.3 Å². The van der Waals surface area contributed by atoms with E-state index >= 15 is 0 Å². The number of nitrogens with zero attached hydrogens (tertiary/aromatic N) is 2. The Balaban J connectivity index is 2.43. The van der Waals surface area contributed by atoms with Gasteiger partial charge in [0.05, 0.1) is 22.6 Å². The number of anilines is 2. The Labute approximate surface area is 116 Å². The van der Waals surface area contributed by atoms with Crippen molar-refractivity contribution in [3.8, 4) is 0 Å². The van der Waals surface area contributed by atoms with Crippen molar-refractivity contribution in [2.45, 2.75) is 4.90 Å². The highest BCUT2D eigenvalue weighted by molar-refractivity contribution is 7.92. The molecule has 2 N–H and O–H groups in total. The molecule has 0 fully saturated rings. The molecular formula is C11H13ClN4O2S. The number of aromatic amines is 1. The number of sulfonamides is 1. The van der Waals surface area contributed by atoms with Crippen LogP contribution in [-0.4, -0.2) is 32.7 Å². The SMILES string of the molecule is CN(C)c1c(Cl)cccc1NS(=O)(=O)c1cn[nH]c1. The fraction of sp³-hybridized carbons (Fsp3) is 0.182. The van der Waals surface area contributed by atoms with Crippen LogP contribution in [0.2, 0.25) is 5.02 Å². The van der Waals surface area contributed by atoms with E-state index in [1.165, 1.54) is 12.4 Å². The first kappa shape index (κ1) is 13.7. The summed E-state index contributed by atoms with van der Waals surface area (Å²) in [5, 5.41) is 6.56. The zero-order valence-corrected chi connectivity index (χ0v) is 12.0. The smallest absolute Gasteiger partial charge is 0.265 e. The molecule has 0 aliphatic heterocycles. The Kier molecular flexibility index (Phi) is 3.68. The number of hydrogen-bond donors (Lipinski definition) is 2. The molecule has 0 radical (unpaired) electrons. The highest BCUT2D eigenvalue weighted by atomic mass is 35.5. The summed E-state index contributed by atoms with van der Waals surface area (Å²) in [6.45, 7) is 0. The van der Waals surface area contributed by atoms with Gasteiger partial charge in [-0.05, 0) is 12.1 Å². The maximum absolute atomic E-state index is 12.1. The van der Waals surface area contributed by atoms with Crippen LogP contribution in [0.3, 0.4) is 0 Å². The molecule has 0 aliphatic rings. The van der Waals surface area contributed by atoms with Crippen molar-refractivity contribution in [1.82, 2.24) is 10.2 Å². The lowest BCUT2D eigenvalue weighted by Gasteiger charge is -2.19. The third kappa shape index (κ3) is 2.82. The van der Waals surface area contributed by atoms with E-state index in [4.69, 9.17) is 11.6 Å². The van der Waals surface area contributed by atoms with Crippen molar-refractivity contribution in [1.29, 1.82) is 0 Å². The summed E-state index contributed by atoms with van der Waals surface area (Å²) < 4.78 is 26.7. The van der Waals surface area contributed by atoms with Crippen LogP contribution in [0.5, 0.6) is 0 Å². The van der Waals surface area contributed by atoms with Gasteiger partial charge in [0.1, 0.15) is 4.90 Å². The maximum Gasteiger partial charge on any atom is 0.265 e. The van der Waals surface area contributed by atoms with Crippen LogP contribution in [0.4, 0.5) is 11.4 Å². The van der Waals surface area contributed by atoms with Gasteiger partial charge in [-0.3, -0.25) is 9.82 Å². The number of hydrogen-bond acceptors (Lipinski definition) is 4. The average Bonchev–Trinajstić information content (AvgIpc) is 2.81. The number of rotatable bonds is 4. The van der Waals surface area contributed by atoms with Crippen LogP contribution < -0.4 is 9.62 Å². The van der Waals surface area contributed by atoms with E-state index in [1.807, 2.05) is 0 Å². The van der Waals surface area contributed by atoms with Gasteiger partial charge in [0.15, 0.2) is 0 Å². The Bertz CT molecular complexity index is 668. The van der Waals surface area contributed by atoms with Crippen LogP contribution in [0.25, 0.3) is 0 Å². The van der Waals surface area contributed by atoms with Gasteiger partial charge in [-0.15, -0.1) is 0 Å². The van der Waals surface area contributed by atoms with Crippen molar-refractivity contribution < 1.29 is 8.42 Å². The first-order valence-corrected chi connectivity index (χ1v) is 7.25.